The summed E-state index contributed by atoms with van der Waals surface area (Å²) >= 11 is 0. The maximum Gasteiger partial charge on any atom is 0.303 e. The second-order valence-electron chi connectivity index (χ2n) is 7.31. The molecule has 0 aromatic heterocycles. The van der Waals surface area contributed by atoms with Crippen LogP contribution in [0.2, 0.25) is 0 Å². The number of carboxylic acids is 1. The summed E-state index contributed by atoms with van der Waals surface area (Å²) in [5.41, 5.74) is 2.70. The summed E-state index contributed by atoms with van der Waals surface area (Å²) in [6.45, 7) is 4.53. The average Bonchev–Trinajstić information content (AvgIpc) is 2.67. The van der Waals surface area contributed by atoms with Crippen molar-refractivity contribution in [2.75, 3.05) is 0 Å². The number of benzene rings is 2. The molecule has 1 N–H and O–H groups in total. The van der Waals surface area contributed by atoms with Crippen LogP contribution in [-0.2, 0) is 17.6 Å². The summed E-state index contributed by atoms with van der Waals surface area (Å²) in [7, 11) is 0. The van der Waals surface area contributed by atoms with Crippen LogP contribution < -0.4 is 0 Å². The molecule has 0 aliphatic rings. The quantitative estimate of drug-likeness (QED) is 0.538. The minimum Gasteiger partial charge on any atom is -0.481 e. The second kappa shape index (κ2) is 10.8. The van der Waals surface area contributed by atoms with Crippen LogP contribution in [0.25, 0.3) is 0 Å². The third kappa shape index (κ3) is 6.33. The molecule has 2 rings (SSSR count). The predicted octanol–water partition coefficient (Wildman–Crippen LogP) is 6.01. The van der Waals surface area contributed by atoms with Crippen LogP contribution in [0.15, 0.2) is 60.7 Å². The highest BCUT2D eigenvalue weighted by molar-refractivity contribution is 5.66. The summed E-state index contributed by atoms with van der Waals surface area (Å²) in [5, 5.41) is 9.21. The Morgan fingerprint density at radius 2 is 1.31 bits per heavy atom. The number of aliphatic carboxylic acids is 1. The number of rotatable bonds is 11. The van der Waals surface area contributed by atoms with Gasteiger partial charge >= 0.3 is 5.97 Å². The van der Waals surface area contributed by atoms with Gasteiger partial charge in [-0.15, -0.1) is 0 Å². The van der Waals surface area contributed by atoms with Gasteiger partial charge in [0.05, 0.1) is 0 Å². The molecule has 0 fully saturated rings. The lowest BCUT2D eigenvalue weighted by molar-refractivity contribution is -0.137. The fraction of sp³-hybridized carbons (Fsp3) is 0.458. The van der Waals surface area contributed by atoms with Crippen LogP contribution in [0.3, 0.4) is 0 Å². The van der Waals surface area contributed by atoms with E-state index in [-0.39, 0.29) is 6.42 Å². The van der Waals surface area contributed by atoms with E-state index in [4.69, 9.17) is 0 Å². The van der Waals surface area contributed by atoms with Crippen molar-refractivity contribution in [3.63, 3.8) is 0 Å². The van der Waals surface area contributed by atoms with Gasteiger partial charge in [-0.2, -0.15) is 0 Å². The molecule has 0 aliphatic carbocycles. The molecule has 0 saturated carbocycles. The first kappa shape index (κ1) is 20.2. The number of carbonyl (C=O) groups is 1. The van der Waals surface area contributed by atoms with Gasteiger partial charge in [0.2, 0.25) is 0 Å². The van der Waals surface area contributed by atoms with Gasteiger partial charge in [-0.25, -0.2) is 0 Å². The van der Waals surface area contributed by atoms with Gasteiger partial charge in [-0.3, -0.25) is 4.79 Å². The van der Waals surface area contributed by atoms with Crippen LogP contribution in [-0.4, -0.2) is 11.1 Å². The van der Waals surface area contributed by atoms with Crippen LogP contribution in [0.5, 0.6) is 0 Å². The molecule has 26 heavy (non-hydrogen) atoms. The minimum atomic E-state index is -0.686. The zero-order valence-corrected chi connectivity index (χ0v) is 16.1. The van der Waals surface area contributed by atoms with E-state index in [1.807, 2.05) is 6.07 Å². The predicted molar refractivity (Wildman–Crippen MR) is 108 cm³/mol. The van der Waals surface area contributed by atoms with Crippen LogP contribution in [0.4, 0.5) is 0 Å². The monoisotopic (exact) mass is 352 g/mol. The highest BCUT2D eigenvalue weighted by Gasteiger charge is 2.28. The lowest BCUT2D eigenvalue weighted by Gasteiger charge is -2.33. The standard InChI is InChI=1S/C24H32O2/c1-3-21(17-19-11-7-5-8-12-19)23(4-2)22(15-16-24(25)26)18-20-13-9-6-10-14-20/h5-14,21-23H,3-4,15-18H2,1-2H3,(H,25,26). The summed E-state index contributed by atoms with van der Waals surface area (Å²) in [6, 6.07) is 21.2. The number of hydrogen-bond acceptors (Lipinski definition) is 1. The van der Waals surface area contributed by atoms with E-state index in [0.717, 1.165) is 32.1 Å². The Labute approximate surface area is 158 Å². The molecule has 0 radical (unpaired) electrons. The van der Waals surface area contributed by atoms with E-state index < -0.39 is 5.97 Å². The van der Waals surface area contributed by atoms with E-state index >= 15 is 0 Å². The molecule has 2 aromatic carbocycles. The Bertz CT molecular complexity index is 636. The van der Waals surface area contributed by atoms with Crippen LogP contribution >= 0.6 is 0 Å². The maximum absolute atomic E-state index is 11.2. The van der Waals surface area contributed by atoms with Crippen molar-refractivity contribution < 1.29 is 9.90 Å². The maximum atomic E-state index is 11.2. The molecule has 3 unspecified atom stereocenters. The van der Waals surface area contributed by atoms with Gasteiger partial charge < -0.3 is 5.11 Å². The van der Waals surface area contributed by atoms with Crippen molar-refractivity contribution in [1.29, 1.82) is 0 Å². The molecular formula is C24H32O2. The molecule has 2 aromatic rings. The molecule has 0 saturated heterocycles. The summed E-state index contributed by atoms with van der Waals surface area (Å²) in [4.78, 5) is 11.2. The van der Waals surface area contributed by atoms with Gasteiger partial charge in [0, 0.05) is 6.42 Å². The fourth-order valence-electron chi connectivity index (χ4n) is 4.26. The van der Waals surface area contributed by atoms with E-state index in [0.29, 0.717) is 17.8 Å². The van der Waals surface area contributed by atoms with Crippen LogP contribution in [0.1, 0.15) is 50.7 Å². The Hall–Kier alpha value is -2.09. The molecule has 0 spiro atoms. The SMILES string of the molecule is CCC(Cc1ccccc1)C(CC)C(CCC(=O)O)Cc1ccccc1. The van der Waals surface area contributed by atoms with Gasteiger partial charge in [0.15, 0.2) is 0 Å². The Morgan fingerprint density at radius 1 is 0.808 bits per heavy atom. The normalized spacial score (nSPS) is 14.5. The van der Waals surface area contributed by atoms with E-state index in [1.54, 1.807) is 0 Å². The average molecular weight is 353 g/mol. The summed E-state index contributed by atoms with van der Waals surface area (Å²) < 4.78 is 0. The summed E-state index contributed by atoms with van der Waals surface area (Å²) in [5.74, 6) is 0.853. The molecular weight excluding hydrogens is 320 g/mol. The molecule has 2 nitrogen and oxygen atoms in total. The second-order valence-corrected chi connectivity index (χ2v) is 7.31. The topological polar surface area (TPSA) is 37.3 Å². The van der Waals surface area contributed by atoms with Gasteiger partial charge in [-0.05, 0) is 48.1 Å². The Morgan fingerprint density at radius 3 is 1.73 bits per heavy atom. The first-order valence-corrected chi connectivity index (χ1v) is 9.93. The van der Waals surface area contributed by atoms with Gasteiger partial charge in [-0.1, -0.05) is 87.4 Å². The van der Waals surface area contributed by atoms with Crippen molar-refractivity contribution in [2.45, 2.75) is 52.4 Å². The van der Waals surface area contributed by atoms with Gasteiger partial charge in [0.25, 0.3) is 0 Å². The summed E-state index contributed by atoms with van der Waals surface area (Å²) in [6.07, 6.45) is 5.30. The molecule has 0 bridgehead atoms. The molecule has 140 valence electrons. The third-order valence-electron chi connectivity index (χ3n) is 5.62. The highest BCUT2D eigenvalue weighted by atomic mass is 16.4. The van der Waals surface area contributed by atoms with Gasteiger partial charge in [0.1, 0.15) is 0 Å². The minimum absolute atomic E-state index is 0.260. The molecule has 0 aliphatic heterocycles. The Kier molecular flexibility index (Phi) is 8.40. The highest BCUT2D eigenvalue weighted by Crippen LogP contribution is 2.35. The van der Waals surface area contributed by atoms with E-state index in [9.17, 15) is 9.90 Å². The van der Waals surface area contributed by atoms with Crippen molar-refractivity contribution in [3.8, 4) is 0 Å². The number of carboxylic acid groups (broad SMARTS) is 1. The van der Waals surface area contributed by atoms with Crippen molar-refractivity contribution in [2.24, 2.45) is 17.8 Å². The lowest BCUT2D eigenvalue weighted by atomic mass is 9.72. The zero-order valence-electron chi connectivity index (χ0n) is 16.1. The molecule has 0 amide bonds. The van der Waals surface area contributed by atoms with Crippen molar-refractivity contribution in [1.82, 2.24) is 0 Å². The fourth-order valence-corrected chi connectivity index (χ4v) is 4.26. The number of hydrogen-bond donors (Lipinski definition) is 1. The van der Waals surface area contributed by atoms with E-state index in [2.05, 4.69) is 68.4 Å². The van der Waals surface area contributed by atoms with Crippen molar-refractivity contribution in [3.05, 3.63) is 71.8 Å². The molecule has 0 heterocycles. The van der Waals surface area contributed by atoms with Crippen LogP contribution in [0, 0.1) is 17.8 Å². The first-order chi connectivity index (χ1) is 12.6. The zero-order chi connectivity index (χ0) is 18.8. The lowest BCUT2D eigenvalue weighted by Crippen LogP contribution is -2.27. The van der Waals surface area contributed by atoms with Crippen molar-refractivity contribution >= 4 is 5.97 Å². The Balaban J connectivity index is 2.17. The van der Waals surface area contributed by atoms with E-state index in [1.165, 1.54) is 11.1 Å². The molecule has 2 heteroatoms. The largest absolute Gasteiger partial charge is 0.481 e. The molecule has 3 atom stereocenters. The first-order valence-electron chi connectivity index (χ1n) is 9.93. The third-order valence-corrected chi connectivity index (χ3v) is 5.62. The smallest absolute Gasteiger partial charge is 0.303 e.